The molecule has 0 aromatic heterocycles. The fourth-order valence-corrected chi connectivity index (χ4v) is 2.19. The first-order chi connectivity index (χ1) is 9.36. The normalized spacial score (nSPS) is 12.3. The van der Waals surface area contributed by atoms with Crippen LogP contribution in [0, 0.1) is 5.92 Å². The number of likely N-dealkylation sites (N-methyl/N-ethyl adjacent to an activating group) is 1. The molecular weight excluding hydrogens is 252 g/mol. The molecule has 0 aliphatic rings. The fraction of sp³-hybridized carbons (Fsp3) is 0.562. The molecule has 0 saturated heterocycles. The van der Waals surface area contributed by atoms with Crippen molar-refractivity contribution in [1.29, 1.82) is 0 Å². The number of aliphatic hydroxyl groups is 1. The van der Waals surface area contributed by atoms with Crippen molar-refractivity contribution in [1.82, 2.24) is 4.90 Å². The number of anilines is 1. The van der Waals surface area contributed by atoms with Gasteiger partial charge in [-0.2, -0.15) is 0 Å². The zero-order valence-corrected chi connectivity index (χ0v) is 13.1. The molecule has 0 fully saturated rings. The van der Waals surface area contributed by atoms with E-state index < -0.39 is 0 Å². The first kappa shape index (κ1) is 16.5. The minimum absolute atomic E-state index is 0.00616. The molecule has 1 aromatic carbocycles. The number of hydrogen-bond acceptors (Lipinski definition) is 3. The molecule has 1 aromatic rings. The molecule has 0 unspecified atom stereocenters. The molecule has 0 spiro atoms. The Morgan fingerprint density at radius 2 is 1.90 bits per heavy atom. The molecule has 0 heterocycles. The van der Waals surface area contributed by atoms with Crippen LogP contribution in [0.2, 0.25) is 0 Å². The molecule has 1 N–H and O–H groups in total. The van der Waals surface area contributed by atoms with Gasteiger partial charge in [0.05, 0.1) is 12.6 Å². The summed E-state index contributed by atoms with van der Waals surface area (Å²) in [6, 6.07) is 7.41. The van der Waals surface area contributed by atoms with Gasteiger partial charge in [-0.25, -0.2) is 0 Å². The SMILES string of the molecule is CC(C)C[C@@H](CO)N(C)C(=O)c1cccc(N(C)C)c1. The monoisotopic (exact) mass is 278 g/mol. The van der Waals surface area contributed by atoms with Crippen LogP contribution in [0.3, 0.4) is 0 Å². The fourth-order valence-electron chi connectivity index (χ4n) is 2.19. The maximum absolute atomic E-state index is 12.5. The number of carbonyl (C=O) groups excluding carboxylic acids is 1. The molecule has 1 amide bonds. The highest BCUT2D eigenvalue weighted by atomic mass is 16.3. The molecule has 4 nitrogen and oxygen atoms in total. The number of benzene rings is 1. The third kappa shape index (κ3) is 4.23. The van der Waals surface area contributed by atoms with Crippen molar-refractivity contribution in [2.45, 2.75) is 26.3 Å². The number of amides is 1. The van der Waals surface area contributed by atoms with E-state index in [4.69, 9.17) is 0 Å². The number of rotatable bonds is 6. The van der Waals surface area contributed by atoms with Crippen molar-refractivity contribution < 1.29 is 9.90 Å². The Morgan fingerprint density at radius 3 is 2.40 bits per heavy atom. The minimum Gasteiger partial charge on any atom is -0.394 e. The van der Waals surface area contributed by atoms with E-state index >= 15 is 0 Å². The van der Waals surface area contributed by atoms with Crippen LogP contribution in [0.1, 0.15) is 30.6 Å². The van der Waals surface area contributed by atoms with E-state index in [9.17, 15) is 9.90 Å². The van der Waals surface area contributed by atoms with Crippen LogP contribution in [-0.2, 0) is 0 Å². The second-order valence-electron chi connectivity index (χ2n) is 5.83. The lowest BCUT2D eigenvalue weighted by Crippen LogP contribution is -2.40. The van der Waals surface area contributed by atoms with Gasteiger partial charge in [0.15, 0.2) is 0 Å². The van der Waals surface area contributed by atoms with Crippen LogP contribution in [0.5, 0.6) is 0 Å². The second kappa shape index (κ2) is 7.29. The Labute approximate surface area is 122 Å². The minimum atomic E-state index is -0.134. The summed E-state index contributed by atoms with van der Waals surface area (Å²) in [6.07, 6.45) is 0.798. The van der Waals surface area contributed by atoms with Crippen LogP contribution in [0.15, 0.2) is 24.3 Å². The van der Waals surface area contributed by atoms with E-state index in [1.165, 1.54) is 0 Å². The molecule has 0 radical (unpaired) electrons. The van der Waals surface area contributed by atoms with Crippen LogP contribution in [0.25, 0.3) is 0 Å². The van der Waals surface area contributed by atoms with Crippen molar-refractivity contribution in [3.8, 4) is 0 Å². The lowest BCUT2D eigenvalue weighted by atomic mass is 10.0. The molecule has 0 aliphatic heterocycles. The summed E-state index contributed by atoms with van der Waals surface area (Å²) in [4.78, 5) is 16.1. The Kier molecular flexibility index (Phi) is 6.02. The van der Waals surface area contributed by atoms with Gasteiger partial charge in [-0.15, -0.1) is 0 Å². The Balaban J connectivity index is 2.90. The Bertz CT molecular complexity index is 444. The van der Waals surface area contributed by atoms with Crippen LogP contribution >= 0.6 is 0 Å². The van der Waals surface area contributed by atoms with Crippen LogP contribution in [-0.4, -0.2) is 49.7 Å². The van der Waals surface area contributed by atoms with Gasteiger partial charge in [-0.1, -0.05) is 19.9 Å². The summed E-state index contributed by atoms with van der Waals surface area (Å²) in [5.74, 6) is 0.393. The van der Waals surface area contributed by atoms with Crippen molar-refractivity contribution in [3.05, 3.63) is 29.8 Å². The lowest BCUT2D eigenvalue weighted by Gasteiger charge is -2.28. The van der Waals surface area contributed by atoms with Gasteiger partial charge in [-0.05, 0) is 30.5 Å². The number of carbonyl (C=O) groups is 1. The maximum Gasteiger partial charge on any atom is 0.253 e. The van der Waals surface area contributed by atoms with Crippen LogP contribution in [0.4, 0.5) is 5.69 Å². The average Bonchev–Trinajstić information content (AvgIpc) is 2.43. The smallest absolute Gasteiger partial charge is 0.253 e. The summed E-state index contributed by atoms with van der Waals surface area (Å²) < 4.78 is 0. The zero-order valence-electron chi connectivity index (χ0n) is 13.1. The van der Waals surface area contributed by atoms with Crippen molar-refractivity contribution in [2.75, 3.05) is 32.6 Å². The Morgan fingerprint density at radius 1 is 1.25 bits per heavy atom. The van der Waals surface area contributed by atoms with E-state index in [2.05, 4.69) is 13.8 Å². The van der Waals surface area contributed by atoms with Gasteiger partial charge >= 0.3 is 0 Å². The Hall–Kier alpha value is -1.55. The highest BCUT2D eigenvalue weighted by molar-refractivity contribution is 5.95. The largest absolute Gasteiger partial charge is 0.394 e. The number of hydrogen-bond donors (Lipinski definition) is 1. The molecule has 0 bridgehead atoms. The highest BCUT2D eigenvalue weighted by Crippen LogP contribution is 2.17. The molecule has 0 aliphatic carbocycles. The quantitative estimate of drug-likeness (QED) is 0.868. The molecule has 20 heavy (non-hydrogen) atoms. The van der Waals surface area contributed by atoms with Crippen molar-refractivity contribution >= 4 is 11.6 Å². The van der Waals surface area contributed by atoms with E-state index in [1.54, 1.807) is 11.9 Å². The third-order valence-corrected chi connectivity index (χ3v) is 3.43. The first-order valence-corrected chi connectivity index (χ1v) is 7.02. The lowest BCUT2D eigenvalue weighted by molar-refractivity contribution is 0.0630. The molecule has 112 valence electrons. The summed E-state index contributed by atoms with van der Waals surface area (Å²) >= 11 is 0. The van der Waals surface area contributed by atoms with Crippen molar-refractivity contribution in [3.63, 3.8) is 0 Å². The molecule has 4 heteroatoms. The second-order valence-corrected chi connectivity index (χ2v) is 5.83. The van der Waals surface area contributed by atoms with E-state index in [1.807, 2.05) is 43.3 Å². The predicted molar refractivity (Wildman–Crippen MR) is 83.2 cm³/mol. The van der Waals surface area contributed by atoms with Gasteiger partial charge in [0, 0.05) is 32.4 Å². The summed E-state index contributed by atoms with van der Waals surface area (Å²) in [7, 11) is 5.65. The van der Waals surface area contributed by atoms with Gasteiger partial charge < -0.3 is 14.9 Å². The summed E-state index contributed by atoms with van der Waals surface area (Å²) in [5, 5.41) is 9.48. The van der Waals surface area contributed by atoms with Crippen molar-refractivity contribution in [2.24, 2.45) is 5.92 Å². The van der Waals surface area contributed by atoms with E-state index in [0.29, 0.717) is 11.5 Å². The van der Waals surface area contributed by atoms with E-state index in [0.717, 1.165) is 12.1 Å². The van der Waals surface area contributed by atoms with Gasteiger partial charge in [0.25, 0.3) is 5.91 Å². The number of aliphatic hydroxyl groups excluding tert-OH is 1. The van der Waals surface area contributed by atoms with Gasteiger partial charge in [0.2, 0.25) is 0 Å². The first-order valence-electron chi connectivity index (χ1n) is 7.02. The molecule has 0 saturated carbocycles. The third-order valence-electron chi connectivity index (χ3n) is 3.43. The van der Waals surface area contributed by atoms with Gasteiger partial charge in [0.1, 0.15) is 0 Å². The summed E-state index contributed by atoms with van der Waals surface area (Å²) in [5.41, 5.74) is 1.65. The predicted octanol–water partition coefficient (Wildman–Crippen LogP) is 2.23. The highest BCUT2D eigenvalue weighted by Gasteiger charge is 2.21. The van der Waals surface area contributed by atoms with Gasteiger partial charge in [-0.3, -0.25) is 4.79 Å². The summed E-state index contributed by atoms with van der Waals surface area (Å²) in [6.45, 7) is 4.18. The van der Waals surface area contributed by atoms with E-state index in [-0.39, 0.29) is 18.6 Å². The maximum atomic E-state index is 12.5. The molecule has 1 rings (SSSR count). The zero-order chi connectivity index (χ0) is 15.3. The average molecular weight is 278 g/mol. The molecular formula is C16H26N2O2. The number of nitrogens with zero attached hydrogens (tertiary/aromatic N) is 2. The molecule has 1 atom stereocenters. The standard InChI is InChI=1S/C16H26N2O2/c1-12(2)9-15(11-19)18(5)16(20)13-7-6-8-14(10-13)17(3)4/h6-8,10,12,15,19H,9,11H2,1-5H3/t15-/m0/s1. The van der Waals surface area contributed by atoms with Crippen LogP contribution < -0.4 is 4.90 Å². The topological polar surface area (TPSA) is 43.8 Å².